The maximum Gasteiger partial charge on any atom is 0.490 e. The van der Waals surface area contributed by atoms with Crippen LogP contribution in [-0.2, 0) is 25.6 Å². The van der Waals surface area contributed by atoms with Crippen molar-refractivity contribution in [3.05, 3.63) is 68.5 Å². The second-order valence-corrected chi connectivity index (χ2v) is 10.7. The highest BCUT2D eigenvalue weighted by Crippen LogP contribution is 2.35. The van der Waals surface area contributed by atoms with E-state index in [2.05, 4.69) is 15.0 Å². The molecule has 1 aromatic heterocycles. The Hall–Kier alpha value is -2.70. The van der Waals surface area contributed by atoms with Gasteiger partial charge < -0.3 is 14.8 Å². The summed E-state index contributed by atoms with van der Waals surface area (Å²) in [5, 5.41) is 5.25. The summed E-state index contributed by atoms with van der Waals surface area (Å²) >= 11 is 13.3. The minimum absolute atomic E-state index is 0.0140. The molecule has 7 nitrogen and oxygen atoms in total. The summed E-state index contributed by atoms with van der Waals surface area (Å²) in [5.41, 5.74) is 1.14. The number of nitrogens with zero attached hydrogens (tertiary/aromatic N) is 1. The number of Topliss-reactive ketones (excluding diaryl/α,β-unsaturated/α-hetero) is 1. The van der Waals surface area contributed by atoms with Gasteiger partial charge in [-0.25, -0.2) is 4.79 Å². The van der Waals surface area contributed by atoms with Gasteiger partial charge in [0.15, 0.2) is 5.78 Å². The van der Waals surface area contributed by atoms with Gasteiger partial charge in [0, 0.05) is 52.8 Å². The number of ketones is 1. The molecule has 0 aliphatic carbocycles. The van der Waals surface area contributed by atoms with Crippen LogP contribution in [0.25, 0.3) is 10.1 Å². The summed E-state index contributed by atoms with van der Waals surface area (Å²) in [6.07, 6.45) is -7.73. The lowest BCUT2D eigenvalue weighted by atomic mass is 9.99. The molecule has 1 amide bonds. The Bertz CT molecular complexity index is 1400. The first-order valence-electron chi connectivity index (χ1n) is 11.8. The van der Waals surface area contributed by atoms with Crippen LogP contribution in [0, 0.1) is 0 Å². The Balaban J connectivity index is 1.50. The predicted molar refractivity (Wildman–Crippen MR) is 141 cm³/mol. The number of amides is 1. The van der Waals surface area contributed by atoms with Crippen molar-refractivity contribution in [2.75, 3.05) is 26.2 Å². The van der Waals surface area contributed by atoms with Crippen LogP contribution in [0.15, 0.2) is 41.8 Å². The van der Waals surface area contributed by atoms with Gasteiger partial charge in [-0.3, -0.25) is 14.5 Å². The molecule has 39 heavy (non-hydrogen) atoms. The molecular weight excluding hydrogens is 580 g/mol. The number of morpholine rings is 1. The fraction of sp³-hybridized carbons (Fsp3) is 0.346. The fourth-order valence-electron chi connectivity index (χ4n) is 4.28. The van der Waals surface area contributed by atoms with E-state index < -0.39 is 30.3 Å². The maximum atomic E-state index is 13.2. The number of alkyl halides is 3. The van der Waals surface area contributed by atoms with Crippen LogP contribution in [0.4, 0.5) is 13.2 Å². The van der Waals surface area contributed by atoms with E-state index in [1.165, 1.54) is 30.4 Å². The van der Waals surface area contributed by atoms with Gasteiger partial charge in [0.2, 0.25) is 6.10 Å². The number of carbonyl (C=O) groups is 3. The second-order valence-electron chi connectivity index (χ2n) is 8.93. The minimum Gasteiger partial charge on any atom is -0.441 e. The molecular formula is C26H23Cl2F3N2O5S. The summed E-state index contributed by atoms with van der Waals surface area (Å²) in [5.74, 6) is -3.82. The van der Waals surface area contributed by atoms with E-state index in [1.54, 1.807) is 23.6 Å². The molecule has 0 spiro atoms. The molecule has 2 heterocycles. The van der Waals surface area contributed by atoms with E-state index >= 15 is 0 Å². The van der Waals surface area contributed by atoms with E-state index in [4.69, 9.17) is 27.9 Å². The van der Waals surface area contributed by atoms with Crippen molar-refractivity contribution < 1.29 is 37.0 Å². The molecule has 2 aromatic carbocycles. The van der Waals surface area contributed by atoms with Gasteiger partial charge in [0.1, 0.15) is 0 Å². The van der Waals surface area contributed by atoms with Crippen molar-refractivity contribution in [2.24, 2.45) is 0 Å². The van der Waals surface area contributed by atoms with Crippen LogP contribution in [0.3, 0.4) is 0 Å². The molecule has 1 aliphatic heterocycles. The highest BCUT2D eigenvalue weighted by Gasteiger charge is 2.44. The molecule has 0 bridgehead atoms. The predicted octanol–water partition coefficient (Wildman–Crippen LogP) is 5.57. The van der Waals surface area contributed by atoms with Crippen LogP contribution in [0.5, 0.6) is 0 Å². The summed E-state index contributed by atoms with van der Waals surface area (Å²) in [4.78, 5) is 39.2. The van der Waals surface area contributed by atoms with Crippen LogP contribution in [0.2, 0.25) is 10.0 Å². The van der Waals surface area contributed by atoms with Gasteiger partial charge in [-0.15, -0.1) is 11.3 Å². The Morgan fingerprint density at radius 1 is 1.21 bits per heavy atom. The Morgan fingerprint density at radius 2 is 1.97 bits per heavy atom. The number of fused-ring (bicyclic) bond motifs is 1. The standard InChI is InChI=1S/C26H23Cl2F3N2O5S/c1-14(34)18-13-39-21-4-2-3-17(22(18)21)23(38-25(36)26(29,30)31)24(35)32-10-16-12-33(7-8-37-16)11-15-5-6-19(27)20(28)9-15/h2-6,9,13,16,23H,7-8,10-12H2,1H3,(H,32,35). The summed E-state index contributed by atoms with van der Waals surface area (Å²) in [6, 6.07) is 9.85. The third kappa shape index (κ3) is 7.09. The Labute approximate surface area is 235 Å². The molecule has 13 heteroatoms. The summed E-state index contributed by atoms with van der Waals surface area (Å²) < 4.78 is 50.3. The summed E-state index contributed by atoms with van der Waals surface area (Å²) in [7, 11) is 0. The quantitative estimate of drug-likeness (QED) is 0.268. The lowest BCUT2D eigenvalue weighted by Crippen LogP contribution is -2.48. The molecule has 1 N–H and O–H groups in total. The summed E-state index contributed by atoms with van der Waals surface area (Å²) in [6.45, 7) is 3.21. The van der Waals surface area contributed by atoms with Gasteiger partial charge in [-0.2, -0.15) is 13.2 Å². The van der Waals surface area contributed by atoms with Gasteiger partial charge >= 0.3 is 12.1 Å². The van der Waals surface area contributed by atoms with Gasteiger partial charge in [0.25, 0.3) is 5.91 Å². The van der Waals surface area contributed by atoms with Crippen LogP contribution in [0.1, 0.15) is 34.5 Å². The van der Waals surface area contributed by atoms with E-state index in [0.29, 0.717) is 41.0 Å². The molecule has 0 radical (unpaired) electrons. The molecule has 4 rings (SSSR count). The van der Waals surface area contributed by atoms with Gasteiger partial charge in [-0.1, -0.05) is 41.4 Å². The van der Waals surface area contributed by atoms with Crippen LogP contribution >= 0.6 is 34.5 Å². The van der Waals surface area contributed by atoms with E-state index in [-0.39, 0.29) is 28.8 Å². The zero-order valence-corrected chi connectivity index (χ0v) is 22.8. The highest BCUT2D eigenvalue weighted by molar-refractivity contribution is 7.17. The second kappa shape index (κ2) is 12.2. The van der Waals surface area contributed by atoms with E-state index in [0.717, 1.165) is 5.56 Å². The smallest absolute Gasteiger partial charge is 0.441 e. The first kappa shape index (κ1) is 29.3. The minimum atomic E-state index is -5.32. The topological polar surface area (TPSA) is 84.9 Å². The number of benzene rings is 2. The van der Waals surface area contributed by atoms with Crippen molar-refractivity contribution in [1.82, 2.24) is 10.2 Å². The molecule has 1 fully saturated rings. The number of carbonyl (C=O) groups excluding carboxylic acids is 3. The van der Waals surface area contributed by atoms with Crippen molar-refractivity contribution in [3.63, 3.8) is 0 Å². The van der Waals surface area contributed by atoms with Gasteiger partial charge in [0.05, 0.1) is 22.8 Å². The number of rotatable bonds is 8. The first-order valence-corrected chi connectivity index (χ1v) is 13.4. The first-order chi connectivity index (χ1) is 18.4. The van der Waals surface area contributed by atoms with Crippen LogP contribution < -0.4 is 5.32 Å². The molecule has 2 atom stereocenters. The third-order valence-electron chi connectivity index (χ3n) is 6.10. The monoisotopic (exact) mass is 602 g/mol. The fourth-order valence-corrected chi connectivity index (χ4v) is 5.63. The number of nitrogens with one attached hydrogen (secondary N) is 1. The van der Waals surface area contributed by atoms with Crippen LogP contribution in [-0.4, -0.2) is 61.1 Å². The highest BCUT2D eigenvalue weighted by atomic mass is 35.5. The number of esters is 1. The lowest BCUT2D eigenvalue weighted by molar-refractivity contribution is -0.205. The largest absolute Gasteiger partial charge is 0.490 e. The number of ether oxygens (including phenoxy) is 2. The molecule has 3 aromatic rings. The van der Waals surface area contributed by atoms with Crippen molar-refractivity contribution in [1.29, 1.82) is 0 Å². The SMILES string of the molecule is CC(=O)c1csc2cccc(C(OC(=O)C(F)(F)F)C(=O)NCC3CN(Cc4ccc(Cl)c(Cl)c4)CCO3)c12. The van der Waals surface area contributed by atoms with Crippen molar-refractivity contribution in [2.45, 2.75) is 31.9 Å². The third-order valence-corrected chi connectivity index (χ3v) is 7.79. The number of hydrogen-bond acceptors (Lipinski definition) is 7. The Kier molecular flexibility index (Phi) is 9.18. The molecule has 1 aliphatic rings. The number of thiophene rings is 1. The Morgan fingerprint density at radius 3 is 2.67 bits per heavy atom. The lowest BCUT2D eigenvalue weighted by Gasteiger charge is -2.33. The van der Waals surface area contributed by atoms with E-state index in [1.807, 2.05) is 6.07 Å². The molecule has 1 saturated heterocycles. The average molecular weight is 603 g/mol. The zero-order chi connectivity index (χ0) is 28.3. The van der Waals surface area contributed by atoms with E-state index in [9.17, 15) is 27.6 Å². The van der Waals surface area contributed by atoms with Gasteiger partial charge in [-0.05, 0) is 30.7 Å². The zero-order valence-electron chi connectivity index (χ0n) is 20.5. The normalized spacial score (nSPS) is 17.1. The molecule has 0 saturated carbocycles. The maximum absolute atomic E-state index is 13.2. The number of halogens is 5. The van der Waals surface area contributed by atoms with Crippen molar-refractivity contribution in [3.8, 4) is 0 Å². The van der Waals surface area contributed by atoms with Crippen molar-refractivity contribution >= 4 is 62.3 Å². The molecule has 208 valence electrons. The number of hydrogen-bond donors (Lipinski definition) is 1. The molecule has 2 unspecified atom stereocenters. The average Bonchev–Trinajstić information content (AvgIpc) is 3.33.